The highest BCUT2D eigenvalue weighted by Gasteiger charge is 2.30. The zero-order valence-corrected chi connectivity index (χ0v) is 14.2. The molecule has 1 atom stereocenters. The van der Waals surface area contributed by atoms with Crippen LogP contribution in [0.3, 0.4) is 0 Å². The van der Waals surface area contributed by atoms with Crippen LogP contribution in [0.5, 0.6) is 5.75 Å². The Labute approximate surface area is 136 Å². The summed E-state index contributed by atoms with van der Waals surface area (Å²) in [4.78, 5) is 12.0. The second-order valence-electron chi connectivity index (χ2n) is 4.46. The molecule has 0 aliphatic carbocycles. The first-order valence-corrected chi connectivity index (χ1v) is 7.38. The first-order chi connectivity index (χ1) is 9.97. The average Bonchev–Trinajstić information content (AvgIpc) is 2.45. The minimum Gasteiger partial charge on any atom is -0.496 e. The number of hydrogen-bond acceptors (Lipinski definition) is 4. The fourth-order valence-electron chi connectivity index (χ4n) is 2.19. The van der Waals surface area contributed by atoms with E-state index in [0.29, 0.717) is 16.4 Å². The van der Waals surface area contributed by atoms with Crippen LogP contribution < -0.4 is 15.4 Å². The van der Waals surface area contributed by atoms with Crippen LogP contribution in [0.15, 0.2) is 33.9 Å². The van der Waals surface area contributed by atoms with Gasteiger partial charge in [0, 0.05) is 5.70 Å². The molecule has 1 aliphatic heterocycles. The molecule has 7 heteroatoms. The normalized spacial score (nSPS) is 17.9. The van der Waals surface area contributed by atoms with E-state index in [1.54, 1.807) is 14.0 Å². The number of benzene rings is 1. The van der Waals surface area contributed by atoms with Crippen LogP contribution >= 0.6 is 28.1 Å². The molecule has 0 bridgehead atoms. The van der Waals surface area contributed by atoms with E-state index in [4.69, 9.17) is 21.7 Å². The van der Waals surface area contributed by atoms with E-state index in [0.717, 1.165) is 15.8 Å². The Morgan fingerprint density at radius 2 is 2.10 bits per heavy atom. The van der Waals surface area contributed by atoms with Crippen molar-refractivity contribution in [3.63, 3.8) is 0 Å². The molecular formula is C14H15BrN2O3S. The van der Waals surface area contributed by atoms with Gasteiger partial charge in [-0.15, -0.1) is 0 Å². The number of carbonyl (C=O) groups excluding carboxylic acids is 1. The number of thiocarbonyl (C=S) groups is 1. The Hall–Kier alpha value is -1.60. The van der Waals surface area contributed by atoms with Crippen LogP contribution in [0, 0.1) is 0 Å². The molecule has 0 spiro atoms. The highest BCUT2D eigenvalue weighted by molar-refractivity contribution is 9.10. The van der Waals surface area contributed by atoms with E-state index < -0.39 is 5.97 Å². The van der Waals surface area contributed by atoms with Gasteiger partial charge >= 0.3 is 5.97 Å². The number of methoxy groups -OCH3 is 2. The SMILES string of the molecule is COC(=O)C1=C(C)NC(=S)NC1c1ccc(OC)c(Br)c1. The maximum atomic E-state index is 12.0. The van der Waals surface area contributed by atoms with Gasteiger partial charge in [-0.25, -0.2) is 4.79 Å². The number of allylic oxidation sites excluding steroid dienone is 1. The number of esters is 1. The lowest BCUT2D eigenvalue weighted by atomic mass is 9.95. The molecule has 2 rings (SSSR count). The largest absolute Gasteiger partial charge is 0.496 e. The fourth-order valence-corrected chi connectivity index (χ4v) is 3.02. The Morgan fingerprint density at radius 1 is 1.38 bits per heavy atom. The van der Waals surface area contributed by atoms with Gasteiger partial charge in [-0.3, -0.25) is 0 Å². The molecule has 1 aromatic rings. The van der Waals surface area contributed by atoms with Crippen molar-refractivity contribution < 1.29 is 14.3 Å². The maximum Gasteiger partial charge on any atom is 0.337 e. The van der Waals surface area contributed by atoms with Crippen LogP contribution in [-0.4, -0.2) is 25.3 Å². The molecule has 0 saturated carbocycles. The third-order valence-electron chi connectivity index (χ3n) is 3.18. The molecule has 1 aliphatic rings. The lowest BCUT2D eigenvalue weighted by molar-refractivity contribution is -0.136. The van der Waals surface area contributed by atoms with Crippen LogP contribution in [0.1, 0.15) is 18.5 Å². The van der Waals surface area contributed by atoms with Crippen molar-refractivity contribution in [1.82, 2.24) is 10.6 Å². The highest BCUT2D eigenvalue weighted by Crippen LogP contribution is 2.32. The molecule has 5 nitrogen and oxygen atoms in total. The van der Waals surface area contributed by atoms with Gasteiger partial charge in [0.1, 0.15) is 5.75 Å². The topological polar surface area (TPSA) is 59.6 Å². The summed E-state index contributed by atoms with van der Waals surface area (Å²) in [5.41, 5.74) is 2.07. The van der Waals surface area contributed by atoms with Gasteiger partial charge in [0.05, 0.1) is 30.3 Å². The van der Waals surface area contributed by atoms with E-state index >= 15 is 0 Å². The molecule has 2 N–H and O–H groups in total. The number of rotatable bonds is 3. The molecule has 0 aromatic heterocycles. The van der Waals surface area contributed by atoms with Gasteiger partial charge in [0.25, 0.3) is 0 Å². The van der Waals surface area contributed by atoms with E-state index in [9.17, 15) is 4.79 Å². The third-order valence-corrected chi connectivity index (χ3v) is 4.02. The predicted molar refractivity (Wildman–Crippen MR) is 87.0 cm³/mol. The third kappa shape index (κ3) is 3.19. The van der Waals surface area contributed by atoms with Crippen molar-refractivity contribution in [3.8, 4) is 5.75 Å². The highest BCUT2D eigenvalue weighted by atomic mass is 79.9. The summed E-state index contributed by atoms with van der Waals surface area (Å²) in [6.45, 7) is 1.80. The molecule has 1 heterocycles. The molecule has 0 fully saturated rings. The molecule has 0 radical (unpaired) electrons. The Kier molecular flexibility index (Phi) is 4.84. The molecule has 1 aromatic carbocycles. The molecule has 0 amide bonds. The molecule has 21 heavy (non-hydrogen) atoms. The summed E-state index contributed by atoms with van der Waals surface area (Å²) in [5.74, 6) is 0.322. The summed E-state index contributed by atoms with van der Waals surface area (Å²) in [7, 11) is 2.96. The zero-order chi connectivity index (χ0) is 15.6. The summed E-state index contributed by atoms with van der Waals surface area (Å²) in [6, 6.07) is 5.23. The van der Waals surface area contributed by atoms with E-state index in [1.165, 1.54) is 7.11 Å². The van der Waals surface area contributed by atoms with E-state index in [2.05, 4.69) is 26.6 Å². The van der Waals surface area contributed by atoms with Gasteiger partial charge < -0.3 is 20.1 Å². The Bertz CT molecular complexity index is 631. The van der Waals surface area contributed by atoms with Crippen LogP contribution in [0.2, 0.25) is 0 Å². The lowest BCUT2D eigenvalue weighted by Crippen LogP contribution is -2.45. The monoisotopic (exact) mass is 370 g/mol. The van der Waals surface area contributed by atoms with Gasteiger partial charge in [-0.2, -0.15) is 0 Å². The summed E-state index contributed by atoms with van der Waals surface area (Å²) in [5, 5.41) is 6.51. The first-order valence-electron chi connectivity index (χ1n) is 6.18. The zero-order valence-electron chi connectivity index (χ0n) is 11.8. The predicted octanol–water partition coefficient (Wildman–Crippen LogP) is 2.42. The van der Waals surface area contributed by atoms with Gasteiger partial charge in [-0.1, -0.05) is 6.07 Å². The quantitative estimate of drug-likeness (QED) is 0.629. The van der Waals surface area contributed by atoms with Crippen molar-refractivity contribution in [2.45, 2.75) is 13.0 Å². The van der Waals surface area contributed by atoms with Crippen LogP contribution in [0.4, 0.5) is 0 Å². The minimum atomic E-state index is -0.396. The minimum absolute atomic E-state index is 0.367. The Balaban J connectivity index is 2.48. The molecular weight excluding hydrogens is 356 g/mol. The number of nitrogens with one attached hydrogen (secondary N) is 2. The number of hydrogen-bond donors (Lipinski definition) is 2. The standard InChI is InChI=1S/C14H15BrN2O3S/c1-7-11(13(18)20-3)12(17-14(21)16-7)8-4-5-10(19-2)9(15)6-8/h4-6,12H,1-3H3,(H2,16,17,21). The van der Waals surface area contributed by atoms with Gasteiger partial charge in [0.2, 0.25) is 0 Å². The fraction of sp³-hybridized carbons (Fsp3) is 0.286. The second kappa shape index (κ2) is 6.44. The molecule has 0 saturated heterocycles. The summed E-state index contributed by atoms with van der Waals surface area (Å²) < 4.78 is 10.9. The number of ether oxygens (including phenoxy) is 2. The van der Waals surface area contributed by atoms with Gasteiger partial charge in [-0.05, 0) is 52.8 Å². The van der Waals surface area contributed by atoms with Crippen molar-refractivity contribution in [1.29, 1.82) is 0 Å². The summed E-state index contributed by atoms with van der Waals surface area (Å²) >= 11 is 8.62. The van der Waals surface area contributed by atoms with E-state index in [-0.39, 0.29) is 6.04 Å². The van der Waals surface area contributed by atoms with Crippen molar-refractivity contribution >= 4 is 39.2 Å². The average molecular weight is 371 g/mol. The van der Waals surface area contributed by atoms with Crippen molar-refractivity contribution in [3.05, 3.63) is 39.5 Å². The number of halogens is 1. The lowest BCUT2D eigenvalue weighted by Gasteiger charge is -2.29. The smallest absolute Gasteiger partial charge is 0.337 e. The maximum absolute atomic E-state index is 12.0. The van der Waals surface area contributed by atoms with Gasteiger partial charge in [0.15, 0.2) is 5.11 Å². The Morgan fingerprint density at radius 3 is 2.67 bits per heavy atom. The second-order valence-corrected chi connectivity index (χ2v) is 5.72. The van der Waals surface area contributed by atoms with Crippen LogP contribution in [-0.2, 0) is 9.53 Å². The first kappa shape index (κ1) is 15.8. The van der Waals surface area contributed by atoms with Crippen molar-refractivity contribution in [2.24, 2.45) is 0 Å². The van der Waals surface area contributed by atoms with E-state index in [1.807, 2.05) is 18.2 Å². The van der Waals surface area contributed by atoms with Crippen molar-refractivity contribution in [2.75, 3.05) is 14.2 Å². The summed E-state index contributed by atoms with van der Waals surface area (Å²) in [6.07, 6.45) is 0. The molecule has 112 valence electrons. The molecule has 1 unspecified atom stereocenters. The van der Waals surface area contributed by atoms with Crippen LogP contribution in [0.25, 0.3) is 0 Å². The number of carbonyl (C=O) groups is 1.